The highest BCUT2D eigenvalue weighted by Gasteiger charge is 2.05. The molecule has 0 heterocycles. The van der Waals surface area contributed by atoms with Gasteiger partial charge in [0.15, 0.2) is 17.5 Å². The van der Waals surface area contributed by atoms with Gasteiger partial charge in [0.05, 0.1) is 20.8 Å². The van der Waals surface area contributed by atoms with Gasteiger partial charge in [0.25, 0.3) is 0 Å². The maximum absolute atomic E-state index is 5.69. The smallest absolute Gasteiger partial charge is 0.191 e. The van der Waals surface area contributed by atoms with Gasteiger partial charge in [-0.3, -0.25) is 4.99 Å². The lowest BCUT2D eigenvalue weighted by molar-refractivity contribution is 0.321. The van der Waals surface area contributed by atoms with Gasteiger partial charge >= 0.3 is 0 Å². The fourth-order valence-electron chi connectivity index (χ4n) is 2.29. The van der Waals surface area contributed by atoms with Gasteiger partial charge in [0.2, 0.25) is 0 Å². The van der Waals surface area contributed by atoms with E-state index >= 15 is 0 Å². The van der Waals surface area contributed by atoms with Gasteiger partial charge in [0, 0.05) is 18.1 Å². The van der Waals surface area contributed by atoms with Crippen molar-refractivity contribution in [1.82, 2.24) is 10.6 Å². The van der Waals surface area contributed by atoms with Crippen LogP contribution in [0.4, 0.5) is 0 Å². The van der Waals surface area contributed by atoms with Gasteiger partial charge in [0.1, 0.15) is 12.4 Å². The minimum Gasteiger partial charge on any atom is -0.493 e. The van der Waals surface area contributed by atoms with E-state index in [-0.39, 0.29) is 0 Å². The van der Waals surface area contributed by atoms with Crippen LogP contribution in [0, 0.1) is 0 Å². The molecule has 0 radical (unpaired) electrons. The average Bonchev–Trinajstić information content (AvgIpc) is 2.67. The standard InChI is InChI=1S/C19H24BrN3O3/c1-21-19(22-9-10-26-16-6-4-5-15(20)12-16)23-13-14-7-8-17(24-2)18(11-14)25-3/h4-8,11-12H,9-10,13H2,1-3H3,(H2,21,22,23). The molecular formula is C19H24BrN3O3. The molecule has 0 aliphatic carbocycles. The number of nitrogens with one attached hydrogen (secondary N) is 2. The Hall–Kier alpha value is -2.41. The van der Waals surface area contributed by atoms with E-state index in [0.29, 0.717) is 37.2 Å². The zero-order chi connectivity index (χ0) is 18.8. The van der Waals surface area contributed by atoms with Gasteiger partial charge < -0.3 is 24.8 Å². The molecule has 26 heavy (non-hydrogen) atoms. The molecule has 0 amide bonds. The summed E-state index contributed by atoms with van der Waals surface area (Å²) in [7, 11) is 4.98. The molecule has 140 valence electrons. The molecular weight excluding hydrogens is 398 g/mol. The van der Waals surface area contributed by atoms with Gasteiger partial charge in [-0.2, -0.15) is 0 Å². The topological polar surface area (TPSA) is 64.1 Å². The first-order valence-electron chi connectivity index (χ1n) is 8.20. The van der Waals surface area contributed by atoms with Gasteiger partial charge in [-0.25, -0.2) is 0 Å². The summed E-state index contributed by atoms with van der Waals surface area (Å²) in [6.45, 7) is 1.79. The normalized spacial score (nSPS) is 11.0. The Morgan fingerprint density at radius 2 is 1.85 bits per heavy atom. The van der Waals surface area contributed by atoms with E-state index in [1.165, 1.54) is 0 Å². The van der Waals surface area contributed by atoms with E-state index in [1.807, 2.05) is 42.5 Å². The van der Waals surface area contributed by atoms with Crippen molar-refractivity contribution in [2.45, 2.75) is 6.54 Å². The highest BCUT2D eigenvalue weighted by atomic mass is 79.9. The van der Waals surface area contributed by atoms with Gasteiger partial charge in [-0.1, -0.05) is 28.1 Å². The lowest BCUT2D eigenvalue weighted by Gasteiger charge is -2.14. The van der Waals surface area contributed by atoms with Crippen molar-refractivity contribution < 1.29 is 14.2 Å². The Morgan fingerprint density at radius 1 is 1.04 bits per heavy atom. The maximum atomic E-state index is 5.69. The van der Waals surface area contributed by atoms with Crippen LogP contribution in [-0.2, 0) is 6.54 Å². The summed E-state index contributed by atoms with van der Waals surface area (Å²) in [6.07, 6.45) is 0. The first-order chi connectivity index (χ1) is 12.7. The summed E-state index contributed by atoms with van der Waals surface area (Å²) in [5, 5.41) is 6.48. The number of hydrogen-bond acceptors (Lipinski definition) is 4. The molecule has 0 aliphatic heterocycles. The molecule has 0 spiro atoms. The Balaban J connectivity index is 1.77. The minimum atomic E-state index is 0.535. The second kappa shape index (κ2) is 10.6. The molecule has 0 unspecified atom stereocenters. The summed E-state index contributed by atoms with van der Waals surface area (Å²) in [5.74, 6) is 2.95. The number of guanidine groups is 1. The number of hydrogen-bond donors (Lipinski definition) is 2. The van der Waals surface area contributed by atoms with Crippen LogP contribution >= 0.6 is 15.9 Å². The predicted molar refractivity (Wildman–Crippen MR) is 107 cm³/mol. The zero-order valence-electron chi connectivity index (χ0n) is 15.2. The number of nitrogens with zero attached hydrogens (tertiary/aromatic N) is 1. The number of methoxy groups -OCH3 is 2. The largest absolute Gasteiger partial charge is 0.493 e. The minimum absolute atomic E-state index is 0.535. The highest BCUT2D eigenvalue weighted by Crippen LogP contribution is 2.27. The van der Waals surface area contributed by atoms with Crippen LogP contribution in [0.25, 0.3) is 0 Å². The zero-order valence-corrected chi connectivity index (χ0v) is 16.8. The number of ether oxygens (including phenoxy) is 3. The highest BCUT2D eigenvalue weighted by molar-refractivity contribution is 9.10. The summed E-state index contributed by atoms with van der Waals surface area (Å²) in [6, 6.07) is 13.6. The average molecular weight is 422 g/mol. The fraction of sp³-hybridized carbons (Fsp3) is 0.316. The Morgan fingerprint density at radius 3 is 2.54 bits per heavy atom. The SMILES string of the molecule is CN=C(NCCOc1cccc(Br)c1)NCc1ccc(OC)c(OC)c1. The van der Waals surface area contributed by atoms with Crippen LogP contribution in [0.5, 0.6) is 17.2 Å². The molecule has 0 saturated carbocycles. The lowest BCUT2D eigenvalue weighted by atomic mass is 10.2. The Bertz CT molecular complexity index is 738. The second-order valence-electron chi connectivity index (χ2n) is 5.35. The number of rotatable bonds is 8. The van der Waals surface area contributed by atoms with Crippen molar-refractivity contribution in [1.29, 1.82) is 0 Å². The summed E-state index contributed by atoms with van der Waals surface area (Å²) in [4.78, 5) is 4.21. The fourth-order valence-corrected chi connectivity index (χ4v) is 2.67. The van der Waals surface area contributed by atoms with E-state index in [1.54, 1.807) is 21.3 Å². The van der Waals surface area contributed by atoms with Crippen molar-refractivity contribution in [3.63, 3.8) is 0 Å². The third kappa shape index (κ3) is 6.15. The Labute approximate surface area is 162 Å². The first-order valence-corrected chi connectivity index (χ1v) is 8.99. The summed E-state index contributed by atoms with van der Waals surface area (Å²) in [5.41, 5.74) is 1.07. The molecule has 2 aromatic rings. The van der Waals surface area contributed by atoms with E-state index in [9.17, 15) is 0 Å². The molecule has 0 aliphatic rings. The lowest BCUT2D eigenvalue weighted by Crippen LogP contribution is -2.38. The molecule has 0 aromatic heterocycles. The molecule has 6 nitrogen and oxygen atoms in total. The first kappa shape index (κ1) is 19.9. The molecule has 7 heteroatoms. The third-order valence-corrected chi connectivity index (χ3v) is 4.08. The number of benzene rings is 2. The van der Waals surface area contributed by atoms with Gasteiger partial charge in [-0.15, -0.1) is 0 Å². The van der Waals surface area contributed by atoms with Crippen molar-refractivity contribution >= 4 is 21.9 Å². The van der Waals surface area contributed by atoms with Crippen LogP contribution in [0.1, 0.15) is 5.56 Å². The van der Waals surface area contributed by atoms with Gasteiger partial charge in [-0.05, 0) is 35.9 Å². The van der Waals surface area contributed by atoms with Crippen LogP contribution < -0.4 is 24.8 Å². The van der Waals surface area contributed by atoms with E-state index in [4.69, 9.17) is 14.2 Å². The van der Waals surface area contributed by atoms with Crippen molar-refractivity contribution in [3.05, 3.63) is 52.5 Å². The molecule has 2 N–H and O–H groups in total. The molecule has 0 fully saturated rings. The van der Waals surface area contributed by atoms with E-state index in [2.05, 4.69) is 31.6 Å². The van der Waals surface area contributed by atoms with Crippen LogP contribution in [0.3, 0.4) is 0 Å². The monoisotopic (exact) mass is 421 g/mol. The molecule has 2 aromatic carbocycles. The van der Waals surface area contributed by atoms with E-state index in [0.717, 1.165) is 15.8 Å². The summed E-state index contributed by atoms with van der Waals surface area (Å²) < 4.78 is 17.3. The van der Waals surface area contributed by atoms with Crippen molar-refractivity contribution in [2.24, 2.45) is 4.99 Å². The predicted octanol–water partition coefficient (Wildman–Crippen LogP) is 3.21. The molecule has 2 rings (SSSR count). The number of halogens is 1. The second-order valence-corrected chi connectivity index (χ2v) is 6.26. The third-order valence-electron chi connectivity index (χ3n) is 3.59. The van der Waals surface area contributed by atoms with Crippen LogP contribution in [0.2, 0.25) is 0 Å². The molecule has 0 bridgehead atoms. The van der Waals surface area contributed by atoms with Crippen LogP contribution in [0.15, 0.2) is 51.9 Å². The maximum Gasteiger partial charge on any atom is 0.191 e. The van der Waals surface area contributed by atoms with E-state index < -0.39 is 0 Å². The molecule has 0 atom stereocenters. The van der Waals surface area contributed by atoms with Crippen molar-refractivity contribution in [3.8, 4) is 17.2 Å². The quantitative estimate of drug-likeness (QED) is 0.389. The summed E-state index contributed by atoms with van der Waals surface area (Å²) >= 11 is 3.43. The Kier molecular flexibility index (Phi) is 8.08. The number of aliphatic imine (C=N–C) groups is 1. The van der Waals surface area contributed by atoms with Crippen LogP contribution in [-0.4, -0.2) is 40.4 Å². The van der Waals surface area contributed by atoms with Crippen molar-refractivity contribution in [2.75, 3.05) is 34.4 Å². The molecule has 0 saturated heterocycles.